The highest BCUT2D eigenvalue weighted by atomic mass is 16.3. The maximum Gasteiger partial charge on any atom is 0.220 e. The highest BCUT2D eigenvalue weighted by Gasteiger charge is 2.04. The number of amides is 1. The number of carbonyl (C=O) groups is 1. The molecule has 17 heavy (non-hydrogen) atoms. The predicted octanol–water partition coefficient (Wildman–Crippen LogP) is 1.70. The van der Waals surface area contributed by atoms with Crippen molar-refractivity contribution in [3.8, 4) is 0 Å². The van der Waals surface area contributed by atoms with Gasteiger partial charge in [0.25, 0.3) is 0 Å². The van der Waals surface area contributed by atoms with Crippen LogP contribution in [0, 0.1) is 5.92 Å². The molecule has 0 saturated carbocycles. The molecule has 96 valence electrons. The van der Waals surface area contributed by atoms with Crippen LogP contribution in [-0.4, -0.2) is 19.0 Å². The lowest BCUT2D eigenvalue weighted by molar-refractivity contribution is -0.121. The number of nitrogens with two attached hydrogens (primary N) is 1. The molecule has 0 aromatic carbocycles. The van der Waals surface area contributed by atoms with E-state index < -0.39 is 0 Å². The van der Waals surface area contributed by atoms with Gasteiger partial charge in [0.1, 0.15) is 5.76 Å². The molecule has 1 unspecified atom stereocenters. The summed E-state index contributed by atoms with van der Waals surface area (Å²) in [7, 11) is 0. The van der Waals surface area contributed by atoms with E-state index >= 15 is 0 Å². The summed E-state index contributed by atoms with van der Waals surface area (Å²) in [6, 6.07) is 3.72. The van der Waals surface area contributed by atoms with E-state index in [1.165, 1.54) is 0 Å². The number of carbonyl (C=O) groups excluding carboxylic acids is 1. The molecule has 4 heteroatoms. The standard InChI is InChI=1S/C13H22N2O2/c1-11(10-14)4-2-8-15-13(16)7-6-12-5-3-9-17-12/h3,5,9,11H,2,4,6-8,10,14H2,1H3,(H,15,16). The van der Waals surface area contributed by atoms with E-state index in [1.54, 1.807) is 6.26 Å². The van der Waals surface area contributed by atoms with Crippen molar-refractivity contribution >= 4 is 5.91 Å². The number of hydrogen-bond acceptors (Lipinski definition) is 3. The Balaban J connectivity index is 2.02. The molecular weight excluding hydrogens is 216 g/mol. The Labute approximate surface area is 103 Å². The summed E-state index contributed by atoms with van der Waals surface area (Å²) in [4.78, 5) is 11.5. The van der Waals surface area contributed by atoms with Gasteiger partial charge in [-0.2, -0.15) is 0 Å². The van der Waals surface area contributed by atoms with Crippen molar-refractivity contribution in [1.29, 1.82) is 0 Å². The topological polar surface area (TPSA) is 68.3 Å². The number of aryl methyl sites for hydroxylation is 1. The van der Waals surface area contributed by atoms with Crippen molar-refractivity contribution in [2.75, 3.05) is 13.1 Å². The molecule has 1 aromatic rings. The lowest BCUT2D eigenvalue weighted by atomic mass is 10.1. The first-order valence-electron chi connectivity index (χ1n) is 6.21. The van der Waals surface area contributed by atoms with Gasteiger partial charge in [-0.05, 0) is 37.4 Å². The maximum absolute atomic E-state index is 11.5. The van der Waals surface area contributed by atoms with Gasteiger partial charge in [0, 0.05) is 19.4 Å². The van der Waals surface area contributed by atoms with E-state index in [4.69, 9.17) is 10.2 Å². The zero-order chi connectivity index (χ0) is 12.5. The smallest absolute Gasteiger partial charge is 0.220 e. The molecule has 0 saturated heterocycles. The van der Waals surface area contributed by atoms with Crippen molar-refractivity contribution in [3.05, 3.63) is 24.2 Å². The third kappa shape index (κ3) is 6.12. The van der Waals surface area contributed by atoms with Gasteiger partial charge in [0.05, 0.1) is 6.26 Å². The minimum Gasteiger partial charge on any atom is -0.469 e. The third-order valence-electron chi connectivity index (χ3n) is 2.78. The number of nitrogens with one attached hydrogen (secondary N) is 1. The van der Waals surface area contributed by atoms with Crippen LogP contribution in [0.2, 0.25) is 0 Å². The van der Waals surface area contributed by atoms with E-state index in [-0.39, 0.29) is 5.91 Å². The van der Waals surface area contributed by atoms with Gasteiger partial charge in [0.2, 0.25) is 5.91 Å². The molecule has 0 spiro atoms. The molecule has 1 atom stereocenters. The normalized spacial score (nSPS) is 12.4. The summed E-state index contributed by atoms with van der Waals surface area (Å²) < 4.78 is 5.16. The van der Waals surface area contributed by atoms with Gasteiger partial charge >= 0.3 is 0 Å². The molecule has 1 heterocycles. The Bertz CT molecular complexity index is 309. The summed E-state index contributed by atoms with van der Waals surface area (Å²) >= 11 is 0. The van der Waals surface area contributed by atoms with Crippen LogP contribution in [0.25, 0.3) is 0 Å². The zero-order valence-corrected chi connectivity index (χ0v) is 10.4. The average molecular weight is 238 g/mol. The van der Waals surface area contributed by atoms with E-state index in [0.717, 1.165) is 25.1 Å². The van der Waals surface area contributed by atoms with E-state index in [9.17, 15) is 4.79 Å². The minimum absolute atomic E-state index is 0.0850. The van der Waals surface area contributed by atoms with Crippen molar-refractivity contribution in [1.82, 2.24) is 5.32 Å². The Hall–Kier alpha value is -1.29. The monoisotopic (exact) mass is 238 g/mol. The van der Waals surface area contributed by atoms with Crippen LogP contribution in [-0.2, 0) is 11.2 Å². The molecule has 1 rings (SSSR count). The van der Waals surface area contributed by atoms with E-state index in [1.807, 2.05) is 12.1 Å². The summed E-state index contributed by atoms with van der Waals surface area (Å²) in [5.74, 6) is 1.48. The zero-order valence-electron chi connectivity index (χ0n) is 10.4. The summed E-state index contributed by atoms with van der Waals surface area (Å²) in [6.45, 7) is 3.58. The van der Waals surface area contributed by atoms with Gasteiger partial charge in [0.15, 0.2) is 0 Å². The van der Waals surface area contributed by atoms with Crippen LogP contribution < -0.4 is 11.1 Å². The average Bonchev–Trinajstić information content (AvgIpc) is 2.84. The van der Waals surface area contributed by atoms with Crippen LogP contribution in [0.15, 0.2) is 22.8 Å². The molecule has 0 radical (unpaired) electrons. The fourth-order valence-corrected chi connectivity index (χ4v) is 1.58. The predicted molar refractivity (Wildman–Crippen MR) is 67.5 cm³/mol. The minimum atomic E-state index is 0.0850. The van der Waals surface area contributed by atoms with Crippen LogP contribution in [0.5, 0.6) is 0 Å². The SMILES string of the molecule is CC(CN)CCCNC(=O)CCc1ccco1. The van der Waals surface area contributed by atoms with Crippen molar-refractivity contribution in [3.63, 3.8) is 0 Å². The second kappa shape index (κ2) is 7.90. The van der Waals surface area contributed by atoms with Gasteiger partial charge < -0.3 is 15.5 Å². The third-order valence-corrected chi connectivity index (χ3v) is 2.78. The quantitative estimate of drug-likeness (QED) is 0.677. The Morgan fingerprint density at radius 2 is 2.41 bits per heavy atom. The lowest BCUT2D eigenvalue weighted by Crippen LogP contribution is -2.25. The molecule has 1 amide bonds. The second-order valence-electron chi connectivity index (χ2n) is 4.41. The summed E-state index contributed by atoms with van der Waals surface area (Å²) in [5.41, 5.74) is 5.52. The van der Waals surface area contributed by atoms with Gasteiger partial charge in [-0.25, -0.2) is 0 Å². The summed E-state index contributed by atoms with van der Waals surface area (Å²) in [5, 5.41) is 2.90. The second-order valence-corrected chi connectivity index (χ2v) is 4.41. The van der Waals surface area contributed by atoms with Gasteiger partial charge in [-0.15, -0.1) is 0 Å². The highest BCUT2D eigenvalue weighted by Crippen LogP contribution is 2.04. The molecule has 4 nitrogen and oxygen atoms in total. The molecule has 0 aliphatic rings. The molecule has 0 aliphatic heterocycles. The molecular formula is C13H22N2O2. The van der Waals surface area contributed by atoms with E-state index in [2.05, 4.69) is 12.2 Å². The summed E-state index contributed by atoms with van der Waals surface area (Å²) in [6.07, 6.45) is 4.83. The number of rotatable bonds is 8. The number of furan rings is 1. The van der Waals surface area contributed by atoms with E-state index in [0.29, 0.717) is 25.3 Å². The van der Waals surface area contributed by atoms with Gasteiger partial charge in [-0.3, -0.25) is 4.79 Å². The molecule has 0 aliphatic carbocycles. The molecule has 0 fully saturated rings. The Kier molecular flexibility index (Phi) is 6.40. The van der Waals surface area contributed by atoms with Crippen LogP contribution in [0.4, 0.5) is 0 Å². The highest BCUT2D eigenvalue weighted by molar-refractivity contribution is 5.75. The lowest BCUT2D eigenvalue weighted by Gasteiger charge is -2.08. The van der Waals surface area contributed by atoms with Crippen LogP contribution in [0.1, 0.15) is 31.9 Å². The number of hydrogen-bond donors (Lipinski definition) is 2. The first-order valence-corrected chi connectivity index (χ1v) is 6.21. The largest absolute Gasteiger partial charge is 0.469 e. The van der Waals surface area contributed by atoms with Gasteiger partial charge in [-0.1, -0.05) is 6.92 Å². The Morgan fingerprint density at radius 1 is 1.59 bits per heavy atom. The van der Waals surface area contributed by atoms with Crippen molar-refractivity contribution in [2.45, 2.75) is 32.6 Å². The molecule has 1 aromatic heterocycles. The first-order chi connectivity index (χ1) is 8.22. The van der Waals surface area contributed by atoms with Crippen LogP contribution >= 0.6 is 0 Å². The van der Waals surface area contributed by atoms with Crippen LogP contribution in [0.3, 0.4) is 0 Å². The maximum atomic E-state index is 11.5. The molecule has 0 bridgehead atoms. The Morgan fingerprint density at radius 3 is 3.06 bits per heavy atom. The first kappa shape index (κ1) is 13.8. The fourth-order valence-electron chi connectivity index (χ4n) is 1.58. The molecule has 3 N–H and O–H groups in total. The van der Waals surface area contributed by atoms with Crippen molar-refractivity contribution < 1.29 is 9.21 Å². The fraction of sp³-hybridized carbons (Fsp3) is 0.615. The van der Waals surface area contributed by atoms with Crippen molar-refractivity contribution in [2.24, 2.45) is 11.7 Å².